The molecule has 0 unspecified atom stereocenters. The van der Waals surface area contributed by atoms with Crippen molar-refractivity contribution in [1.29, 1.82) is 0 Å². The van der Waals surface area contributed by atoms with E-state index >= 15 is 0 Å². The number of hydrogen-bond donors (Lipinski definition) is 2. The van der Waals surface area contributed by atoms with E-state index in [9.17, 15) is 4.79 Å². The number of para-hydroxylation sites is 1. The van der Waals surface area contributed by atoms with Crippen LogP contribution in [0, 0.1) is 6.92 Å². The fourth-order valence-electron chi connectivity index (χ4n) is 3.57. The molecule has 0 fully saturated rings. The highest BCUT2D eigenvalue weighted by atomic mass is 16.5. The maximum Gasteiger partial charge on any atom is 0.323 e. The molecule has 1 aromatic heterocycles. The van der Waals surface area contributed by atoms with Gasteiger partial charge >= 0.3 is 6.03 Å². The first kappa shape index (κ1) is 22.7. The number of rotatable bonds is 7. The Morgan fingerprint density at radius 3 is 2.26 bits per heavy atom. The highest BCUT2D eigenvalue weighted by molar-refractivity contribution is 6.03. The Hall–Kier alpha value is -4.46. The maximum atomic E-state index is 13.0. The van der Waals surface area contributed by atoms with Gasteiger partial charge in [-0.3, -0.25) is 0 Å². The molecule has 8 heteroatoms. The summed E-state index contributed by atoms with van der Waals surface area (Å²) < 4.78 is 18.0. The van der Waals surface area contributed by atoms with Crippen LogP contribution in [0.3, 0.4) is 0 Å². The van der Waals surface area contributed by atoms with Gasteiger partial charge in [0, 0.05) is 11.6 Å². The minimum Gasteiger partial charge on any atom is -0.497 e. The summed E-state index contributed by atoms with van der Waals surface area (Å²) in [5, 5.41) is 10.5. The molecule has 0 aliphatic heterocycles. The van der Waals surface area contributed by atoms with E-state index in [0.717, 1.165) is 11.3 Å². The Kier molecular flexibility index (Phi) is 6.68. The zero-order valence-corrected chi connectivity index (χ0v) is 19.5. The van der Waals surface area contributed by atoms with Gasteiger partial charge in [0.1, 0.15) is 22.9 Å². The van der Waals surface area contributed by atoms with Crippen molar-refractivity contribution in [2.24, 2.45) is 0 Å². The van der Waals surface area contributed by atoms with Crippen LogP contribution >= 0.6 is 0 Å². The van der Waals surface area contributed by atoms with Crippen LogP contribution in [0.4, 0.5) is 16.2 Å². The molecule has 0 bridgehead atoms. The lowest BCUT2D eigenvalue weighted by molar-refractivity contribution is 0.262. The Morgan fingerprint density at radius 2 is 1.56 bits per heavy atom. The van der Waals surface area contributed by atoms with Gasteiger partial charge in [0.2, 0.25) is 0 Å². The number of aromatic nitrogens is 2. The zero-order valence-electron chi connectivity index (χ0n) is 19.5. The molecule has 0 saturated carbocycles. The van der Waals surface area contributed by atoms with Crippen LogP contribution in [0.25, 0.3) is 16.9 Å². The van der Waals surface area contributed by atoms with Crippen molar-refractivity contribution in [2.75, 3.05) is 32.0 Å². The second-order valence-electron chi connectivity index (χ2n) is 7.52. The predicted octanol–water partition coefficient (Wildman–Crippen LogP) is 5.52. The number of aryl methyl sites for hydroxylation is 1. The summed E-state index contributed by atoms with van der Waals surface area (Å²) in [4.78, 5) is 13.0. The number of anilines is 2. The van der Waals surface area contributed by atoms with Crippen LogP contribution in [0.2, 0.25) is 0 Å². The van der Waals surface area contributed by atoms with Gasteiger partial charge in [-0.25, -0.2) is 9.48 Å². The number of carbonyl (C=O) groups excluding carboxylic acids is 1. The van der Waals surface area contributed by atoms with E-state index in [1.165, 1.54) is 0 Å². The SMILES string of the molecule is COc1ccc(-c2nn(-c3ccccc3)cc2NC(=O)Nc2cc(C)ccc2OC)c(OC)c1. The molecule has 0 radical (unpaired) electrons. The largest absolute Gasteiger partial charge is 0.497 e. The van der Waals surface area contributed by atoms with E-state index in [-0.39, 0.29) is 0 Å². The summed E-state index contributed by atoms with van der Waals surface area (Å²) in [5.74, 6) is 1.79. The highest BCUT2D eigenvalue weighted by Crippen LogP contribution is 2.37. The summed E-state index contributed by atoms with van der Waals surface area (Å²) in [7, 11) is 4.73. The molecule has 0 atom stereocenters. The van der Waals surface area contributed by atoms with Crippen molar-refractivity contribution in [1.82, 2.24) is 9.78 Å². The molecular formula is C26H26N4O4. The van der Waals surface area contributed by atoms with E-state index in [2.05, 4.69) is 10.6 Å². The third-order valence-corrected chi connectivity index (χ3v) is 5.25. The number of benzene rings is 3. The van der Waals surface area contributed by atoms with Crippen molar-refractivity contribution < 1.29 is 19.0 Å². The highest BCUT2D eigenvalue weighted by Gasteiger charge is 2.19. The summed E-state index contributed by atoms with van der Waals surface area (Å²) in [6.07, 6.45) is 1.77. The minimum atomic E-state index is -0.426. The molecule has 0 aliphatic carbocycles. The lowest BCUT2D eigenvalue weighted by atomic mass is 10.1. The maximum absolute atomic E-state index is 13.0. The lowest BCUT2D eigenvalue weighted by Gasteiger charge is -2.13. The van der Waals surface area contributed by atoms with Crippen LogP contribution in [0.1, 0.15) is 5.56 Å². The molecule has 8 nitrogen and oxygen atoms in total. The number of nitrogens with zero attached hydrogens (tertiary/aromatic N) is 2. The average molecular weight is 459 g/mol. The molecule has 0 spiro atoms. The fourth-order valence-corrected chi connectivity index (χ4v) is 3.57. The molecule has 1 heterocycles. The van der Waals surface area contributed by atoms with Crippen molar-refractivity contribution in [3.63, 3.8) is 0 Å². The van der Waals surface area contributed by atoms with Gasteiger partial charge < -0.3 is 24.8 Å². The Labute approximate surface area is 198 Å². The third kappa shape index (κ3) is 4.80. The molecule has 0 saturated heterocycles. The van der Waals surface area contributed by atoms with Crippen molar-refractivity contribution in [3.8, 4) is 34.2 Å². The first-order valence-corrected chi connectivity index (χ1v) is 10.6. The Bertz CT molecular complexity index is 1300. The zero-order chi connectivity index (χ0) is 24.1. The van der Waals surface area contributed by atoms with Gasteiger partial charge in [-0.1, -0.05) is 24.3 Å². The summed E-state index contributed by atoms with van der Waals surface area (Å²) in [6.45, 7) is 1.94. The van der Waals surface area contributed by atoms with Gasteiger partial charge in [0.15, 0.2) is 0 Å². The molecule has 2 amide bonds. The molecule has 34 heavy (non-hydrogen) atoms. The van der Waals surface area contributed by atoms with Crippen LogP contribution in [-0.2, 0) is 0 Å². The third-order valence-electron chi connectivity index (χ3n) is 5.25. The van der Waals surface area contributed by atoms with E-state index in [4.69, 9.17) is 19.3 Å². The average Bonchev–Trinajstić information content (AvgIpc) is 3.27. The van der Waals surface area contributed by atoms with E-state index in [0.29, 0.717) is 39.9 Å². The van der Waals surface area contributed by atoms with Crippen molar-refractivity contribution in [3.05, 3.63) is 78.5 Å². The summed E-state index contributed by atoms with van der Waals surface area (Å²) >= 11 is 0. The Balaban J connectivity index is 1.72. The van der Waals surface area contributed by atoms with Crippen molar-refractivity contribution >= 4 is 17.4 Å². The number of hydrogen-bond acceptors (Lipinski definition) is 5. The number of urea groups is 1. The molecule has 4 aromatic rings. The number of nitrogens with one attached hydrogen (secondary N) is 2. The normalized spacial score (nSPS) is 10.5. The molecular weight excluding hydrogens is 432 g/mol. The van der Waals surface area contributed by atoms with Crippen LogP contribution in [-0.4, -0.2) is 37.1 Å². The second-order valence-corrected chi connectivity index (χ2v) is 7.52. The van der Waals surface area contributed by atoms with E-state index in [1.54, 1.807) is 38.3 Å². The smallest absolute Gasteiger partial charge is 0.323 e. The van der Waals surface area contributed by atoms with Gasteiger partial charge in [0.25, 0.3) is 0 Å². The van der Waals surface area contributed by atoms with E-state index in [1.807, 2.05) is 67.6 Å². The molecule has 4 rings (SSSR count). The minimum absolute atomic E-state index is 0.426. The Morgan fingerprint density at radius 1 is 0.824 bits per heavy atom. The molecule has 0 aliphatic rings. The fraction of sp³-hybridized carbons (Fsp3) is 0.154. The van der Waals surface area contributed by atoms with Crippen LogP contribution in [0.15, 0.2) is 72.9 Å². The molecule has 174 valence electrons. The summed E-state index contributed by atoms with van der Waals surface area (Å²) in [5.41, 5.74) is 4.19. The van der Waals surface area contributed by atoms with E-state index < -0.39 is 6.03 Å². The first-order valence-electron chi connectivity index (χ1n) is 10.6. The van der Waals surface area contributed by atoms with Gasteiger partial charge in [-0.05, 0) is 48.9 Å². The predicted molar refractivity (Wildman–Crippen MR) is 132 cm³/mol. The quantitative estimate of drug-likeness (QED) is 0.381. The monoisotopic (exact) mass is 458 g/mol. The topological polar surface area (TPSA) is 86.6 Å². The number of carbonyl (C=O) groups is 1. The standard InChI is InChI=1S/C26H26N4O4/c1-17-10-13-23(33-3)21(14-17)27-26(31)28-22-16-30(18-8-6-5-7-9-18)29-25(22)20-12-11-19(32-2)15-24(20)34-4/h5-16H,1-4H3,(H2,27,28,31). The second kappa shape index (κ2) is 9.99. The number of methoxy groups -OCH3 is 3. The number of ether oxygens (including phenoxy) is 3. The molecule has 3 aromatic carbocycles. The lowest BCUT2D eigenvalue weighted by Crippen LogP contribution is -2.20. The summed E-state index contributed by atoms with van der Waals surface area (Å²) in [6, 6.07) is 20.2. The van der Waals surface area contributed by atoms with Crippen LogP contribution < -0.4 is 24.8 Å². The number of amides is 2. The molecule has 2 N–H and O–H groups in total. The van der Waals surface area contributed by atoms with Crippen LogP contribution in [0.5, 0.6) is 17.2 Å². The first-order chi connectivity index (χ1) is 16.5. The van der Waals surface area contributed by atoms with Crippen molar-refractivity contribution in [2.45, 2.75) is 6.92 Å². The van der Waals surface area contributed by atoms with Gasteiger partial charge in [0.05, 0.1) is 44.6 Å². The van der Waals surface area contributed by atoms with Gasteiger partial charge in [-0.2, -0.15) is 5.10 Å². The van der Waals surface area contributed by atoms with Gasteiger partial charge in [-0.15, -0.1) is 0 Å².